The van der Waals surface area contributed by atoms with E-state index in [1.54, 1.807) is 6.07 Å². The molecule has 2 amide bonds. The zero-order valence-corrected chi connectivity index (χ0v) is 12.6. The van der Waals surface area contributed by atoms with Gasteiger partial charge in [0.05, 0.1) is 5.56 Å². The smallest absolute Gasteiger partial charge is 0.335 e. The van der Waals surface area contributed by atoms with Crippen LogP contribution in [0.15, 0.2) is 53.0 Å². The van der Waals surface area contributed by atoms with Crippen LogP contribution in [0.25, 0.3) is 0 Å². The fourth-order valence-corrected chi connectivity index (χ4v) is 2.23. The molecule has 0 heterocycles. The zero-order chi connectivity index (χ0) is 15.2. The average molecular weight is 349 g/mol. The molecular formula is C15H13BrN2O3. The number of urea groups is 1. The number of aromatic carboxylic acids is 1. The van der Waals surface area contributed by atoms with Gasteiger partial charge in [-0.2, -0.15) is 0 Å². The molecule has 3 N–H and O–H groups in total. The summed E-state index contributed by atoms with van der Waals surface area (Å²) >= 11 is 3.21. The van der Waals surface area contributed by atoms with Crippen molar-refractivity contribution in [1.82, 2.24) is 5.32 Å². The highest BCUT2D eigenvalue weighted by molar-refractivity contribution is 9.10. The Balaban J connectivity index is 1.98. The maximum Gasteiger partial charge on any atom is 0.335 e. The van der Waals surface area contributed by atoms with Crippen LogP contribution in [-0.2, 0) is 6.54 Å². The number of halogens is 1. The van der Waals surface area contributed by atoms with E-state index >= 15 is 0 Å². The number of amides is 2. The average Bonchev–Trinajstić information content (AvgIpc) is 2.45. The highest BCUT2D eigenvalue weighted by Crippen LogP contribution is 2.19. The van der Waals surface area contributed by atoms with Crippen molar-refractivity contribution >= 4 is 33.6 Å². The van der Waals surface area contributed by atoms with Crippen LogP contribution in [0.2, 0.25) is 0 Å². The van der Waals surface area contributed by atoms with Gasteiger partial charge in [0, 0.05) is 16.7 Å². The molecule has 0 radical (unpaired) electrons. The van der Waals surface area contributed by atoms with E-state index < -0.39 is 12.0 Å². The Bertz CT molecular complexity index is 659. The summed E-state index contributed by atoms with van der Waals surface area (Å²) in [6.45, 7) is 0.395. The van der Waals surface area contributed by atoms with Gasteiger partial charge in [-0.05, 0) is 23.8 Å². The summed E-state index contributed by atoms with van der Waals surface area (Å²) in [7, 11) is 0. The first-order valence-corrected chi connectivity index (χ1v) is 6.96. The van der Waals surface area contributed by atoms with E-state index in [9.17, 15) is 9.59 Å². The number of hydrogen-bond acceptors (Lipinski definition) is 2. The largest absolute Gasteiger partial charge is 0.478 e. The van der Waals surface area contributed by atoms with E-state index in [2.05, 4.69) is 26.6 Å². The number of benzene rings is 2. The Kier molecular flexibility index (Phi) is 4.94. The van der Waals surface area contributed by atoms with Crippen LogP contribution in [-0.4, -0.2) is 17.1 Å². The molecular weight excluding hydrogens is 336 g/mol. The Hall–Kier alpha value is -2.34. The summed E-state index contributed by atoms with van der Waals surface area (Å²) in [5.74, 6) is -1.05. The highest BCUT2D eigenvalue weighted by atomic mass is 79.9. The minimum atomic E-state index is -1.05. The quantitative estimate of drug-likeness (QED) is 0.791. The maximum absolute atomic E-state index is 11.8. The minimum absolute atomic E-state index is 0.0998. The van der Waals surface area contributed by atoms with Crippen molar-refractivity contribution < 1.29 is 14.7 Å². The van der Waals surface area contributed by atoms with Crippen molar-refractivity contribution in [1.29, 1.82) is 0 Å². The van der Waals surface area contributed by atoms with E-state index in [4.69, 9.17) is 5.11 Å². The molecule has 0 aliphatic heterocycles. The van der Waals surface area contributed by atoms with Crippen LogP contribution in [0.4, 0.5) is 10.5 Å². The third kappa shape index (κ3) is 4.61. The number of hydrogen-bond donors (Lipinski definition) is 3. The highest BCUT2D eigenvalue weighted by Gasteiger charge is 2.08. The van der Waals surface area contributed by atoms with Gasteiger partial charge in [-0.1, -0.05) is 46.3 Å². The topological polar surface area (TPSA) is 78.4 Å². The van der Waals surface area contributed by atoms with Crippen LogP contribution in [0.3, 0.4) is 0 Å². The Morgan fingerprint density at radius 1 is 1.10 bits per heavy atom. The molecule has 0 bridgehead atoms. The predicted octanol–water partition coefficient (Wildman–Crippen LogP) is 3.47. The molecule has 0 saturated heterocycles. The first-order chi connectivity index (χ1) is 10.0. The van der Waals surface area contributed by atoms with Gasteiger partial charge in [0.2, 0.25) is 0 Å². The monoisotopic (exact) mass is 348 g/mol. The van der Waals surface area contributed by atoms with E-state index in [1.165, 1.54) is 12.1 Å². The van der Waals surface area contributed by atoms with Crippen molar-refractivity contribution in [2.45, 2.75) is 6.54 Å². The summed E-state index contributed by atoms with van der Waals surface area (Å²) in [6, 6.07) is 13.6. The van der Waals surface area contributed by atoms with Crippen molar-refractivity contribution in [2.75, 3.05) is 5.32 Å². The molecule has 2 rings (SSSR count). The van der Waals surface area contributed by atoms with E-state index in [1.807, 2.05) is 30.3 Å². The first kappa shape index (κ1) is 15.1. The van der Waals surface area contributed by atoms with E-state index in [0.29, 0.717) is 16.7 Å². The SMILES string of the molecule is O=C(NCc1ccccc1)Nc1cc(Br)cc(C(=O)O)c1. The number of rotatable bonds is 4. The molecule has 6 heteroatoms. The standard InChI is InChI=1S/C15H13BrN2O3/c16-12-6-11(14(19)20)7-13(8-12)18-15(21)17-9-10-4-2-1-3-5-10/h1-8H,9H2,(H,19,20)(H2,17,18,21). The molecule has 0 fully saturated rings. The number of anilines is 1. The summed E-state index contributed by atoms with van der Waals surface area (Å²) in [5.41, 5.74) is 1.49. The lowest BCUT2D eigenvalue weighted by atomic mass is 10.2. The number of nitrogens with one attached hydrogen (secondary N) is 2. The van der Waals surface area contributed by atoms with Crippen LogP contribution >= 0.6 is 15.9 Å². The third-order valence-electron chi connectivity index (χ3n) is 2.70. The van der Waals surface area contributed by atoms with E-state index in [0.717, 1.165) is 5.56 Å². The molecule has 0 aromatic heterocycles. The van der Waals surface area contributed by atoms with Crippen molar-refractivity contribution in [3.63, 3.8) is 0 Å². The lowest BCUT2D eigenvalue weighted by molar-refractivity contribution is 0.0697. The molecule has 0 aliphatic rings. The number of carboxylic acid groups (broad SMARTS) is 1. The number of carbonyl (C=O) groups is 2. The summed E-state index contributed by atoms with van der Waals surface area (Å²) in [6.07, 6.45) is 0. The van der Waals surface area contributed by atoms with Gasteiger partial charge in [-0.25, -0.2) is 9.59 Å². The summed E-state index contributed by atoms with van der Waals surface area (Å²) in [4.78, 5) is 22.7. The van der Waals surface area contributed by atoms with Gasteiger partial charge in [0.25, 0.3) is 0 Å². The molecule has 0 spiro atoms. The lowest BCUT2D eigenvalue weighted by Gasteiger charge is -2.09. The number of carbonyl (C=O) groups excluding carboxylic acids is 1. The Morgan fingerprint density at radius 3 is 2.48 bits per heavy atom. The molecule has 21 heavy (non-hydrogen) atoms. The Labute approximate surface area is 130 Å². The molecule has 5 nitrogen and oxygen atoms in total. The Morgan fingerprint density at radius 2 is 1.81 bits per heavy atom. The zero-order valence-electron chi connectivity index (χ0n) is 11.0. The van der Waals surface area contributed by atoms with Crippen LogP contribution < -0.4 is 10.6 Å². The van der Waals surface area contributed by atoms with Gasteiger partial charge in [-0.15, -0.1) is 0 Å². The van der Waals surface area contributed by atoms with Crippen LogP contribution in [0.1, 0.15) is 15.9 Å². The second-order valence-electron chi connectivity index (χ2n) is 4.33. The molecule has 0 atom stereocenters. The van der Waals surface area contributed by atoms with E-state index in [-0.39, 0.29) is 5.56 Å². The molecule has 0 aliphatic carbocycles. The van der Waals surface area contributed by atoms with Crippen LogP contribution in [0, 0.1) is 0 Å². The second-order valence-corrected chi connectivity index (χ2v) is 5.24. The van der Waals surface area contributed by atoms with Crippen molar-refractivity contribution in [3.05, 3.63) is 64.1 Å². The molecule has 0 unspecified atom stereocenters. The molecule has 0 saturated carbocycles. The summed E-state index contributed by atoms with van der Waals surface area (Å²) < 4.78 is 0.584. The van der Waals surface area contributed by atoms with Gasteiger partial charge in [-0.3, -0.25) is 0 Å². The van der Waals surface area contributed by atoms with Gasteiger partial charge < -0.3 is 15.7 Å². The fourth-order valence-electron chi connectivity index (χ4n) is 1.74. The first-order valence-electron chi connectivity index (χ1n) is 6.17. The second kappa shape index (κ2) is 6.90. The fraction of sp³-hybridized carbons (Fsp3) is 0.0667. The van der Waals surface area contributed by atoms with Crippen molar-refractivity contribution in [3.8, 4) is 0 Å². The minimum Gasteiger partial charge on any atom is -0.478 e. The third-order valence-corrected chi connectivity index (χ3v) is 3.16. The van der Waals surface area contributed by atoms with Gasteiger partial charge in [0.1, 0.15) is 0 Å². The van der Waals surface area contributed by atoms with Gasteiger partial charge in [0.15, 0.2) is 0 Å². The summed E-state index contributed by atoms with van der Waals surface area (Å²) in [5, 5.41) is 14.3. The molecule has 2 aromatic rings. The lowest BCUT2D eigenvalue weighted by Crippen LogP contribution is -2.28. The maximum atomic E-state index is 11.8. The molecule has 2 aromatic carbocycles. The van der Waals surface area contributed by atoms with Crippen molar-refractivity contribution in [2.24, 2.45) is 0 Å². The number of carboxylic acids is 1. The normalized spacial score (nSPS) is 9.95. The molecule has 108 valence electrons. The van der Waals surface area contributed by atoms with Crippen LogP contribution in [0.5, 0.6) is 0 Å². The van der Waals surface area contributed by atoms with Gasteiger partial charge >= 0.3 is 12.0 Å². The predicted molar refractivity (Wildman–Crippen MR) is 83.4 cm³/mol.